The summed E-state index contributed by atoms with van der Waals surface area (Å²) in [6.45, 7) is 5.69. The maximum atomic E-state index is 12.5. The molecule has 5 atom stereocenters. The van der Waals surface area contributed by atoms with E-state index in [1.807, 2.05) is 0 Å². The number of aliphatic hydroxyl groups is 3. The molecule has 0 radical (unpaired) electrons. The molecule has 1 rings (SSSR count). The van der Waals surface area contributed by atoms with Crippen LogP contribution in [0.2, 0.25) is 0 Å². The van der Waals surface area contributed by atoms with E-state index in [-0.39, 0.29) is 12.8 Å². The van der Waals surface area contributed by atoms with Crippen LogP contribution in [0.25, 0.3) is 0 Å². The second-order valence-corrected chi connectivity index (χ2v) is 9.90. The fraction of sp³-hybridized carbons (Fsp3) is 0.778. The van der Waals surface area contributed by atoms with Crippen molar-refractivity contribution >= 4 is 7.60 Å². The molecule has 0 aliphatic heterocycles. The van der Waals surface area contributed by atoms with Crippen LogP contribution in [0, 0.1) is 0 Å². The van der Waals surface area contributed by atoms with Crippen LogP contribution in [0.1, 0.15) is 65.8 Å². The maximum absolute atomic E-state index is 12.5. The van der Waals surface area contributed by atoms with Gasteiger partial charge in [-0.25, -0.2) is 4.79 Å². The normalized spacial score (nSPS) is 20.3. The number of nitrogens with zero attached hydrogens (tertiary/aromatic N) is 1. The molecule has 0 aromatic carbocycles. The molecule has 1 aromatic rings. The molecule has 2 unspecified atom stereocenters. The summed E-state index contributed by atoms with van der Waals surface area (Å²) in [6, 6.07) is 0.345. The fourth-order valence-electron chi connectivity index (χ4n) is 2.90. The van der Waals surface area contributed by atoms with Gasteiger partial charge in [0.2, 0.25) is 0 Å². The zero-order chi connectivity index (χ0) is 22.5. The minimum absolute atomic E-state index is 0.0421. The first kappa shape index (κ1) is 25.7. The van der Waals surface area contributed by atoms with Crippen LogP contribution in [0.3, 0.4) is 0 Å². The molecule has 10 nitrogen and oxygen atoms in total. The van der Waals surface area contributed by atoms with Crippen molar-refractivity contribution in [2.45, 2.75) is 82.9 Å². The lowest BCUT2D eigenvalue weighted by molar-refractivity contribution is 0.0145. The van der Waals surface area contributed by atoms with Gasteiger partial charge < -0.3 is 24.7 Å². The molecule has 5 N–H and O–H groups in total. The molecule has 29 heavy (non-hydrogen) atoms. The molecule has 168 valence electrons. The molecule has 0 spiro atoms. The number of aliphatic hydroxyl groups excluding tert-OH is 2. The van der Waals surface area contributed by atoms with Crippen molar-refractivity contribution in [2.75, 3.05) is 6.61 Å². The maximum Gasteiger partial charge on any atom is 0.359 e. The second kappa shape index (κ2) is 10.1. The number of rotatable bonds is 12. The lowest BCUT2D eigenvalue weighted by atomic mass is 9.93. The minimum atomic E-state index is -4.32. The summed E-state index contributed by atoms with van der Waals surface area (Å²) in [5.74, 6) is 0. The molecular formula is C18H33N2O8P. The monoisotopic (exact) mass is 436 g/mol. The first-order valence-corrected chi connectivity index (χ1v) is 11.3. The molecule has 0 fully saturated rings. The van der Waals surface area contributed by atoms with Crippen LogP contribution < -0.4 is 11.2 Å². The van der Waals surface area contributed by atoms with Gasteiger partial charge in [0.25, 0.3) is 5.56 Å². The van der Waals surface area contributed by atoms with Crippen LogP contribution >= 0.6 is 7.60 Å². The Bertz CT molecular complexity index is 821. The van der Waals surface area contributed by atoms with Crippen LogP contribution in [0.15, 0.2) is 21.9 Å². The second-order valence-electron chi connectivity index (χ2n) is 7.71. The van der Waals surface area contributed by atoms with E-state index in [0.29, 0.717) is 19.3 Å². The van der Waals surface area contributed by atoms with E-state index < -0.39 is 48.5 Å². The van der Waals surface area contributed by atoms with Crippen molar-refractivity contribution in [1.29, 1.82) is 0 Å². The molecule has 0 aliphatic rings. The third-order valence-electron chi connectivity index (χ3n) is 5.42. The molecule has 11 heteroatoms. The van der Waals surface area contributed by atoms with E-state index >= 15 is 0 Å². The van der Waals surface area contributed by atoms with E-state index in [4.69, 9.17) is 4.52 Å². The molecule has 0 bridgehead atoms. The smallest absolute Gasteiger partial charge is 0.359 e. The van der Waals surface area contributed by atoms with Crippen molar-refractivity contribution in [3.8, 4) is 0 Å². The number of H-pyrrole nitrogens is 1. The van der Waals surface area contributed by atoms with Gasteiger partial charge in [0.05, 0.1) is 24.4 Å². The summed E-state index contributed by atoms with van der Waals surface area (Å²) < 4.78 is 19.1. The van der Waals surface area contributed by atoms with Gasteiger partial charge in [0.15, 0.2) is 5.34 Å². The predicted molar refractivity (Wildman–Crippen MR) is 108 cm³/mol. The van der Waals surface area contributed by atoms with Gasteiger partial charge in [0, 0.05) is 12.3 Å². The first-order valence-electron chi connectivity index (χ1n) is 9.69. The standard InChI is InChI=1S/C18H33N2O8P/c1-5-17(3,28-29(26,27)18(4,25)6-2)10-7-8-13(14(22)12-21)20-11-9-15(23)19-16(20)24/h9,11,13-14,21-22,25H,5-8,10,12H2,1-4H3,(H,26,27)(H,19,23,24)/t13-,14-,17?,18-/m1/s1. The molecule has 0 saturated heterocycles. The van der Waals surface area contributed by atoms with Gasteiger partial charge in [-0.05, 0) is 46.0 Å². The number of aromatic amines is 1. The van der Waals surface area contributed by atoms with Crippen LogP contribution in [-0.4, -0.2) is 53.4 Å². The molecule has 0 amide bonds. The van der Waals surface area contributed by atoms with Gasteiger partial charge in [0.1, 0.15) is 0 Å². The third kappa shape index (κ3) is 6.60. The Balaban J connectivity index is 2.95. The van der Waals surface area contributed by atoms with Crippen LogP contribution in [0.5, 0.6) is 0 Å². The van der Waals surface area contributed by atoms with Gasteiger partial charge >= 0.3 is 13.3 Å². The Hall–Kier alpha value is -1.29. The van der Waals surface area contributed by atoms with Crippen molar-refractivity contribution in [2.24, 2.45) is 0 Å². The Morgan fingerprint density at radius 2 is 1.90 bits per heavy atom. The van der Waals surface area contributed by atoms with Crippen molar-refractivity contribution in [3.05, 3.63) is 33.1 Å². The number of aromatic nitrogens is 2. The van der Waals surface area contributed by atoms with E-state index in [2.05, 4.69) is 4.98 Å². The summed E-state index contributed by atoms with van der Waals surface area (Å²) in [5.41, 5.74) is -2.30. The Morgan fingerprint density at radius 3 is 2.38 bits per heavy atom. The Kier molecular flexibility index (Phi) is 9.01. The van der Waals surface area contributed by atoms with E-state index in [9.17, 15) is 34.4 Å². The van der Waals surface area contributed by atoms with E-state index in [1.165, 1.54) is 13.1 Å². The third-order valence-corrected chi connectivity index (χ3v) is 7.64. The van der Waals surface area contributed by atoms with E-state index in [1.54, 1.807) is 20.8 Å². The quantitative estimate of drug-likeness (QED) is 0.304. The van der Waals surface area contributed by atoms with Gasteiger partial charge in [-0.2, -0.15) is 0 Å². The summed E-state index contributed by atoms with van der Waals surface area (Å²) in [4.78, 5) is 35.6. The highest BCUT2D eigenvalue weighted by molar-refractivity contribution is 7.54. The van der Waals surface area contributed by atoms with Crippen molar-refractivity contribution in [3.63, 3.8) is 0 Å². The van der Waals surface area contributed by atoms with Crippen LogP contribution in [-0.2, 0) is 9.09 Å². The Labute approximate surface area is 169 Å². The summed E-state index contributed by atoms with van der Waals surface area (Å²) in [7, 11) is -4.32. The average Bonchev–Trinajstić information content (AvgIpc) is 2.64. The lowest BCUT2D eigenvalue weighted by Crippen LogP contribution is -2.38. The zero-order valence-corrected chi connectivity index (χ0v) is 18.3. The van der Waals surface area contributed by atoms with Gasteiger partial charge in [-0.15, -0.1) is 0 Å². The summed E-state index contributed by atoms with van der Waals surface area (Å²) >= 11 is 0. The topological polar surface area (TPSA) is 162 Å². The number of nitrogens with one attached hydrogen (secondary N) is 1. The summed E-state index contributed by atoms with van der Waals surface area (Å²) in [6.07, 6.45) is 1.38. The molecular weight excluding hydrogens is 403 g/mol. The lowest BCUT2D eigenvalue weighted by Gasteiger charge is -2.36. The molecule has 0 aliphatic carbocycles. The van der Waals surface area contributed by atoms with Gasteiger partial charge in [-0.3, -0.25) is 18.9 Å². The number of hydrogen-bond donors (Lipinski definition) is 5. The van der Waals surface area contributed by atoms with Crippen molar-refractivity contribution in [1.82, 2.24) is 9.55 Å². The molecule has 0 saturated carbocycles. The fourth-order valence-corrected chi connectivity index (χ4v) is 4.31. The van der Waals surface area contributed by atoms with E-state index in [0.717, 1.165) is 10.6 Å². The summed E-state index contributed by atoms with van der Waals surface area (Å²) in [5, 5.41) is 27.7. The van der Waals surface area contributed by atoms with Crippen molar-refractivity contribution < 1.29 is 29.3 Å². The molecule has 1 heterocycles. The highest BCUT2D eigenvalue weighted by atomic mass is 31.2. The SMILES string of the molecule is CCC(C)(CCC[C@H]([C@H](O)CO)n1ccc(=O)[nH]c1=O)OP(=O)(O)[C@@](C)(O)CC. The number of hydrogen-bond acceptors (Lipinski definition) is 7. The minimum Gasteiger partial charge on any atom is -0.394 e. The van der Waals surface area contributed by atoms with Gasteiger partial charge in [-0.1, -0.05) is 13.8 Å². The Morgan fingerprint density at radius 1 is 1.28 bits per heavy atom. The average molecular weight is 436 g/mol. The predicted octanol–water partition coefficient (Wildman–Crippen LogP) is 1.09. The first-order chi connectivity index (χ1) is 13.3. The highest BCUT2D eigenvalue weighted by Gasteiger charge is 2.46. The largest absolute Gasteiger partial charge is 0.394 e. The van der Waals surface area contributed by atoms with Crippen LogP contribution in [0.4, 0.5) is 0 Å². The molecule has 1 aromatic heterocycles. The highest BCUT2D eigenvalue weighted by Crippen LogP contribution is 2.58. The zero-order valence-electron chi connectivity index (χ0n) is 17.4.